The highest BCUT2D eigenvalue weighted by atomic mass is 16.1. The van der Waals surface area contributed by atoms with E-state index in [1.54, 1.807) is 0 Å². The number of benzene rings is 2. The Morgan fingerprint density at radius 3 is 2.55 bits per heavy atom. The van der Waals surface area contributed by atoms with Crippen molar-refractivity contribution in [3.05, 3.63) is 77.1 Å². The number of rotatable bonds is 5. The molecule has 29 heavy (non-hydrogen) atoms. The van der Waals surface area contributed by atoms with Crippen molar-refractivity contribution < 1.29 is 4.79 Å². The molecule has 1 N–H and O–H groups in total. The van der Waals surface area contributed by atoms with E-state index >= 15 is 0 Å². The number of nitrogens with zero attached hydrogens (tertiary/aromatic N) is 2. The lowest BCUT2D eigenvalue weighted by Crippen LogP contribution is -2.18. The van der Waals surface area contributed by atoms with Crippen molar-refractivity contribution in [3.8, 4) is 11.3 Å². The minimum absolute atomic E-state index is 0.0279. The molecule has 0 aliphatic heterocycles. The van der Waals surface area contributed by atoms with Gasteiger partial charge < -0.3 is 5.32 Å². The van der Waals surface area contributed by atoms with Crippen LogP contribution < -0.4 is 5.32 Å². The standard InChI is InChI=1S/C25H25N3O/c1-17(2)16-23(29)28-25-22(14-12-18-8-4-3-5-9-18)26-24-20-11-7-6-10-19(20)13-15-21(24)27-25/h3-12,14,17H,13,15-16H2,1-2H3,(H,27,28,29)/b14-12+. The molecule has 1 aliphatic carbocycles. The van der Waals surface area contributed by atoms with Gasteiger partial charge >= 0.3 is 0 Å². The number of aryl methyl sites for hydroxylation is 2. The lowest BCUT2D eigenvalue weighted by atomic mass is 9.92. The maximum absolute atomic E-state index is 12.4. The fourth-order valence-electron chi connectivity index (χ4n) is 3.60. The average molecular weight is 383 g/mol. The van der Waals surface area contributed by atoms with E-state index in [1.807, 2.05) is 62.4 Å². The van der Waals surface area contributed by atoms with Crippen LogP contribution in [-0.4, -0.2) is 15.9 Å². The maximum atomic E-state index is 12.4. The monoisotopic (exact) mass is 383 g/mol. The fourth-order valence-corrected chi connectivity index (χ4v) is 3.60. The zero-order valence-corrected chi connectivity index (χ0v) is 16.9. The molecule has 1 aromatic heterocycles. The third-order valence-corrected chi connectivity index (χ3v) is 4.98. The summed E-state index contributed by atoms with van der Waals surface area (Å²) in [6.45, 7) is 4.07. The molecular formula is C25H25N3O. The highest BCUT2D eigenvalue weighted by Crippen LogP contribution is 2.33. The number of hydrogen-bond acceptors (Lipinski definition) is 3. The van der Waals surface area contributed by atoms with Gasteiger partial charge in [0.2, 0.25) is 5.91 Å². The molecule has 4 nitrogen and oxygen atoms in total. The normalized spacial score (nSPS) is 12.7. The molecule has 1 amide bonds. The Labute approximate surface area is 171 Å². The molecule has 0 atom stereocenters. The number of amides is 1. The van der Waals surface area contributed by atoms with Crippen LogP contribution in [0.25, 0.3) is 23.4 Å². The Balaban J connectivity index is 1.76. The third kappa shape index (κ3) is 4.43. The summed E-state index contributed by atoms with van der Waals surface area (Å²) in [6.07, 6.45) is 6.17. The summed E-state index contributed by atoms with van der Waals surface area (Å²) >= 11 is 0. The van der Waals surface area contributed by atoms with Gasteiger partial charge in [0, 0.05) is 12.0 Å². The third-order valence-electron chi connectivity index (χ3n) is 4.98. The number of anilines is 1. The molecule has 4 rings (SSSR count). The molecule has 0 radical (unpaired) electrons. The molecule has 0 saturated heterocycles. The van der Waals surface area contributed by atoms with Crippen molar-refractivity contribution in [2.75, 3.05) is 5.32 Å². The zero-order valence-electron chi connectivity index (χ0n) is 16.9. The summed E-state index contributed by atoms with van der Waals surface area (Å²) in [6, 6.07) is 18.4. The Bertz CT molecular complexity index is 1050. The highest BCUT2D eigenvalue weighted by molar-refractivity contribution is 5.92. The average Bonchev–Trinajstić information content (AvgIpc) is 2.72. The van der Waals surface area contributed by atoms with Crippen molar-refractivity contribution in [3.63, 3.8) is 0 Å². The number of aromatic nitrogens is 2. The Hall–Kier alpha value is -3.27. The van der Waals surface area contributed by atoms with Crippen molar-refractivity contribution in [2.24, 2.45) is 5.92 Å². The minimum Gasteiger partial charge on any atom is -0.309 e. The van der Waals surface area contributed by atoms with Crippen LogP contribution in [0, 0.1) is 5.92 Å². The first-order chi connectivity index (χ1) is 14.1. The van der Waals surface area contributed by atoms with Crippen molar-refractivity contribution in [1.82, 2.24) is 9.97 Å². The summed E-state index contributed by atoms with van der Waals surface area (Å²) in [4.78, 5) is 22.2. The van der Waals surface area contributed by atoms with Gasteiger partial charge in [0.25, 0.3) is 0 Å². The second-order valence-corrected chi connectivity index (χ2v) is 7.80. The fraction of sp³-hybridized carbons (Fsp3) is 0.240. The summed E-state index contributed by atoms with van der Waals surface area (Å²) in [7, 11) is 0. The molecule has 4 heteroatoms. The molecule has 2 aromatic carbocycles. The van der Waals surface area contributed by atoms with Gasteiger partial charge in [-0.1, -0.05) is 74.5 Å². The lowest BCUT2D eigenvalue weighted by molar-refractivity contribution is -0.116. The molecule has 0 bridgehead atoms. The number of hydrogen-bond donors (Lipinski definition) is 1. The number of nitrogens with one attached hydrogen (secondary N) is 1. The molecule has 0 saturated carbocycles. The quantitative estimate of drug-likeness (QED) is 0.642. The summed E-state index contributed by atoms with van der Waals surface area (Å²) in [5, 5.41) is 2.99. The van der Waals surface area contributed by atoms with E-state index in [0.717, 1.165) is 35.4 Å². The van der Waals surface area contributed by atoms with Crippen LogP contribution in [-0.2, 0) is 17.6 Å². The first-order valence-electron chi connectivity index (χ1n) is 10.1. The molecule has 0 fully saturated rings. The van der Waals surface area contributed by atoms with E-state index in [9.17, 15) is 4.79 Å². The van der Waals surface area contributed by atoms with Crippen LogP contribution in [0.15, 0.2) is 54.6 Å². The lowest BCUT2D eigenvalue weighted by Gasteiger charge is -2.20. The Morgan fingerprint density at radius 1 is 1.00 bits per heavy atom. The van der Waals surface area contributed by atoms with Crippen LogP contribution in [0.1, 0.15) is 42.8 Å². The first kappa shape index (κ1) is 19.1. The molecule has 146 valence electrons. The van der Waals surface area contributed by atoms with E-state index in [2.05, 4.69) is 23.5 Å². The molecule has 0 spiro atoms. The molecule has 1 heterocycles. The Kier molecular flexibility index (Phi) is 5.52. The first-order valence-corrected chi connectivity index (χ1v) is 10.1. The van der Waals surface area contributed by atoms with Gasteiger partial charge in [-0.3, -0.25) is 4.79 Å². The van der Waals surface area contributed by atoms with Crippen LogP contribution in [0.5, 0.6) is 0 Å². The van der Waals surface area contributed by atoms with E-state index in [1.165, 1.54) is 5.56 Å². The smallest absolute Gasteiger partial charge is 0.225 e. The second-order valence-electron chi connectivity index (χ2n) is 7.80. The van der Waals surface area contributed by atoms with E-state index in [4.69, 9.17) is 9.97 Å². The van der Waals surface area contributed by atoms with Crippen LogP contribution in [0.3, 0.4) is 0 Å². The summed E-state index contributed by atoms with van der Waals surface area (Å²) in [5.74, 6) is 0.802. The van der Waals surface area contributed by atoms with E-state index in [0.29, 0.717) is 17.9 Å². The second kappa shape index (κ2) is 8.39. The minimum atomic E-state index is -0.0279. The highest BCUT2D eigenvalue weighted by Gasteiger charge is 2.21. The van der Waals surface area contributed by atoms with Crippen molar-refractivity contribution in [1.29, 1.82) is 0 Å². The predicted molar refractivity (Wildman–Crippen MR) is 118 cm³/mol. The topological polar surface area (TPSA) is 54.9 Å². The van der Waals surface area contributed by atoms with Crippen LogP contribution in [0.4, 0.5) is 5.82 Å². The Morgan fingerprint density at radius 2 is 1.76 bits per heavy atom. The van der Waals surface area contributed by atoms with Gasteiger partial charge in [0.15, 0.2) is 5.82 Å². The molecular weight excluding hydrogens is 358 g/mol. The van der Waals surface area contributed by atoms with E-state index in [-0.39, 0.29) is 11.8 Å². The van der Waals surface area contributed by atoms with Gasteiger partial charge in [-0.15, -0.1) is 0 Å². The number of carbonyl (C=O) groups is 1. The molecule has 0 unspecified atom stereocenters. The predicted octanol–water partition coefficient (Wildman–Crippen LogP) is 5.40. The van der Waals surface area contributed by atoms with Crippen molar-refractivity contribution >= 4 is 23.9 Å². The summed E-state index contributed by atoms with van der Waals surface area (Å²) in [5.41, 5.74) is 6.05. The number of fused-ring (bicyclic) bond motifs is 3. The SMILES string of the molecule is CC(C)CC(=O)Nc1nc2c(nc1/C=C/c1ccccc1)-c1ccccc1CC2. The van der Waals surface area contributed by atoms with Crippen LogP contribution >= 0.6 is 0 Å². The van der Waals surface area contributed by atoms with Gasteiger partial charge in [0.1, 0.15) is 5.69 Å². The molecule has 1 aliphatic rings. The largest absolute Gasteiger partial charge is 0.309 e. The van der Waals surface area contributed by atoms with Crippen molar-refractivity contribution in [2.45, 2.75) is 33.1 Å². The zero-order chi connectivity index (χ0) is 20.2. The van der Waals surface area contributed by atoms with E-state index < -0.39 is 0 Å². The summed E-state index contributed by atoms with van der Waals surface area (Å²) < 4.78 is 0. The van der Waals surface area contributed by atoms with Gasteiger partial charge in [-0.05, 0) is 36.0 Å². The molecule has 3 aromatic rings. The van der Waals surface area contributed by atoms with Gasteiger partial charge in [-0.25, -0.2) is 9.97 Å². The van der Waals surface area contributed by atoms with Gasteiger partial charge in [-0.2, -0.15) is 0 Å². The maximum Gasteiger partial charge on any atom is 0.225 e. The van der Waals surface area contributed by atoms with Gasteiger partial charge in [0.05, 0.1) is 11.4 Å². The number of carbonyl (C=O) groups excluding carboxylic acids is 1. The van der Waals surface area contributed by atoms with Crippen LogP contribution in [0.2, 0.25) is 0 Å².